The zero-order valence-electron chi connectivity index (χ0n) is 13.3. The Labute approximate surface area is 135 Å². The number of hydrogen-bond acceptors (Lipinski definition) is 4. The van der Waals surface area contributed by atoms with Crippen LogP contribution < -0.4 is 0 Å². The summed E-state index contributed by atoms with van der Waals surface area (Å²) in [5, 5.41) is 3.87. The number of nitrogens with zero attached hydrogens (tertiary/aromatic N) is 3. The molecule has 0 N–H and O–H groups in total. The molecular formula is C18H21N3O2. The van der Waals surface area contributed by atoms with Crippen molar-refractivity contribution >= 4 is 5.91 Å². The van der Waals surface area contributed by atoms with Gasteiger partial charge in [-0.25, -0.2) is 0 Å². The average Bonchev–Trinajstić information content (AvgIpc) is 3.29. The molecule has 0 unspecified atom stereocenters. The highest BCUT2D eigenvalue weighted by molar-refractivity contribution is 5.83. The lowest BCUT2D eigenvalue weighted by molar-refractivity contribution is -0.134. The SMILES string of the molecule is Cc1noc([C@@H]2CCCN(C(=O)[C@H]3C[C@H]3c3ccccc3)C2)n1. The summed E-state index contributed by atoms with van der Waals surface area (Å²) in [6, 6.07) is 10.4. The number of likely N-dealkylation sites (tertiary alicyclic amines) is 1. The van der Waals surface area contributed by atoms with Crippen molar-refractivity contribution in [2.24, 2.45) is 5.92 Å². The Balaban J connectivity index is 1.41. The predicted molar refractivity (Wildman–Crippen MR) is 84.9 cm³/mol. The molecule has 2 fully saturated rings. The molecule has 1 aromatic heterocycles. The van der Waals surface area contributed by atoms with Gasteiger partial charge in [0.2, 0.25) is 11.8 Å². The predicted octanol–water partition coefficient (Wildman–Crippen LogP) is 2.89. The highest BCUT2D eigenvalue weighted by Crippen LogP contribution is 2.48. The largest absolute Gasteiger partial charge is 0.342 e. The molecule has 0 radical (unpaired) electrons. The Bertz CT molecular complexity index is 697. The lowest BCUT2D eigenvalue weighted by atomic mass is 9.97. The van der Waals surface area contributed by atoms with E-state index >= 15 is 0 Å². The van der Waals surface area contributed by atoms with Crippen LogP contribution in [-0.2, 0) is 4.79 Å². The van der Waals surface area contributed by atoms with E-state index in [1.807, 2.05) is 30.0 Å². The summed E-state index contributed by atoms with van der Waals surface area (Å²) in [6.45, 7) is 3.38. The van der Waals surface area contributed by atoms with E-state index in [1.54, 1.807) is 0 Å². The van der Waals surface area contributed by atoms with E-state index in [9.17, 15) is 4.79 Å². The maximum absolute atomic E-state index is 12.8. The molecule has 1 aliphatic carbocycles. The Morgan fingerprint density at radius 3 is 2.87 bits per heavy atom. The van der Waals surface area contributed by atoms with Crippen molar-refractivity contribution < 1.29 is 9.32 Å². The highest BCUT2D eigenvalue weighted by atomic mass is 16.5. The van der Waals surface area contributed by atoms with Crippen molar-refractivity contribution in [2.45, 2.75) is 38.0 Å². The molecule has 0 bridgehead atoms. The van der Waals surface area contributed by atoms with Crippen LogP contribution in [0.25, 0.3) is 0 Å². The zero-order valence-corrected chi connectivity index (χ0v) is 13.3. The van der Waals surface area contributed by atoms with Crippen molar-refractivity contribution in [3.8, 4) is 0 Å². The molecule has 120 valence electrons. The second-order valence-corrected chi connectivity index (χ2v) is 6.66. The van der Waals surface area contributed by atoms with Gasteiger partial charge in [-0.2, -0.15) is 4.98 Å². The first-order valence-electron chi connectivity index (χ1n) is 8.36. The molecule has 3 atom stereocenters. The summed E-state index contributed by atoms with van der Waals surface area (Å²) in [6.07, 6.45) is 2.99. The van der Waals surface area contributed by atoms with Crippen LogP contribution in [-0.4, -0.2) is 34.0 Å². The van der Waals surface area contributed by atoms with E-state index < -0.39 is 0 Å². The summed E-state index contributed by atoms with van der Waals surface area (Å²) < 4.78 is 5.30. The molecule has 1 saturated carbocycles. The lowest BCUT2D eigenvalue weighted by Crippen LogP contribution is -2.40. The smallest absolute Gasteiger partial charge is 0.231 e. The van der Waals surface area contributed by atoms with Crippen LogP contribution in [0.5, 0.6) is 0 Å². The monoisotopic (exact) mass is 311 g/mol. The van der Waals surface area contributed by atoms with Gasteiger partial charge in [-0.15, -0.1) is 0 Å². The zero-order chi connectivity index (χ0) is 15.8. The first kappa shape index (κ1) is 14.4. The second-order valence-electron chi connectivity index (χ2n) is 6.66. The van der Waals surface area contributed by atoms with Gasteiger partial charge in [-0.05, 0) is 37.7 Å². The van der Waals surface area contributed by atoms with Crippen LogP contribution in [0.3, 0.4) is 0 Å². The number of hydrogen-bond donors (Lipinski definition) is 0. The van der Waals surface area contributed by atoms with Gasteiger partial charge >= 0.3 is 0 Å². The minimum atomic E-state index is 0.153. The van der Waals surface area contributed by atoms with Crippen molar-refractivity contribution in [2.75, 3.05) is 13.1 Å². The van der Waals surface area contributed by atoms with E-state index in [4.69, 9.17) is 4.52 Å². The number of benzene rings is 1. The number of amides is 1. The first-order valence-corrected chi connectivity index (χ1v) is 8.36. The molecular weight excluding hydrogens is 290 g/mol. The van der Waals surface area contributed by atoms with E-state index in [1.165, 1.54) is 5.56 Å². The molecule has 4 rings (SSSR count). The molecule has 5 heteroatoms. The van der Waals surface area contributed by atoms with E-state index in [-0.39, 0.29) is 11.8 Å². The van der Waals surface area contributed by atoms with E-state index in [2.05, 4.69) is 22.3 Å². The van der Waals surface area contributed by atoms with Gasteiger partial charge in [-0.1, -0.05) is 35.5 Å². The Morgan fingerprint density at radius 1 is 1.30 bits per heavy atom. The molecule has 2 heterocycles. The molecule has 1 saturated heterocycles. The van der Waals surface area contributed by atoms with Crippen LogP contribution in [0.2, 0.25) is 0 Å². The number of aromatic nitrogens is 2. The second kappa shape index (κ2) is 5.80. The van der Waals surface area contributed by atoms with Gasteiger partial charge in [0.05, 0.1) is 5.92 Å². The maximum atomic E-state index is 12.8. The van der Waals surface area contributed by atoms with Crippen LogP contribution in [0, 0.1) is 12.8 Å². The van der Waals surface area contributed by atoms with E-state index in [0.29, 0.717) is 30.1 Å². The van der Waals surface area contributed by atoms with Gasteiger partial charge in [0.25, 0.3) is 0 Å². The number of carbonyl (C=O) groups is 1. The summed E-state index contributed by atoms with van der Waals surface area (Å²) in [5.41, 5.74) is 1.28. The molecule has 1 aromatic carbocycles. The number of aryl methyl sites for hydroxylation is 1. The first-order chi connectivity index (χ1) is 11.2. The third kappa shape index (κ3) is 2.87. The summed E-state index contributed by atoms with van der Waals surface area (Å²) >= 11 is 0. The summed E-state index contributed by atoms with van der Waals surface area (Å²) in [4.78, 5) is 19.1. The van der Waals surface area contributed by atoms with Gasteiger partial charge in [0.1, 0.15) is 0 Å². The minimum absolute atomic E-state index is 0.153. The number of piperidine rings is 1. The number of carbonyl (C=O) groups excluding carboxylic acids is 1. The van der Waals surface area contributed by atoms with Crippen molar-refractivity contribution in [3.05, 3.63) is 47.6 Å². The summed E-state index contributed by atoms with van der Waals surface area (Å²) in [7, 11) is 0. The minimum Gasteiger partial charge on any atom is -0.342 e. The number of rotatable bonds is 3. The lowest BCUT2D eigenvalue weighted by Gasteiger charge is -2.31. The van der Waals surface area contributed by atoms with E-state index in [0.717, 1.165) is 25.8 Å². The fourth-order valence-corrected chi connectivity index (χ4v) is 3.63. The fraction of sp³-hybridized carbons (Fsp3) is 0.500. The highest BCUT2D eigenvalue weighted by Gasteiger charge is 2.46. The molecule has 23 heavy (non-hydrogen) atoms. The standard InChI is InChI=1S/C18H21N3O2/c1-12-19-17(23-20-12)14-8-5-9-21(11-14)18(22)16-10-15(16)13-6-3-2-4-7-13/h2-4,6-7,14-16H,5,8-11H2,1H3/t14-,15+,16+/m1/s1. The Hall–Kier alpha value is -2.17. The van der Waals surface area contributed by atoms with Gasteiger partial charge < -0.3 is 9.42 Å². The Kier molecular flexibility index (Phi) is 3.63. The normalized spacial score (nSPS) is 27.0. The van der Waals surface area contributed by atoms with Crippen LogP contribution >= 0.6 is 0 Å². The third-order valence-corrected chi connectivity index (χ3v) is 4.96. The van der Waals surface area contributed by atoms with Gasteiger partial charge in [-0.3, -0.25) is 4.79 Å². The quantitative estimate of drug-likeness (QED) is 0.874. The third-order valence-electron chi connectivity index (χ3n) is 4.96. The van der Waals surface area contributed by atoms with Crippen molar-refractivity contribution in [1.29, 1.82) is 0 Å². The molecule has 1 aliphatic heterocycles. The van der Waals surface area contributed by atoms with Crippen LogP contribution in [0.1, 0.15) is 48.4 Å². The van der Waals surface area contributed by atoms with Crippen LogP contribution in [0.15, 0.2) is 34.9 Å². The molecule has 5 nitrogen and oxygen atoms in total. The topological polar surface area (TPSA) is 59.2 Å². The van der Waals surface area contributed by atoms with Gasteiger partial charge in [0.15, 0.2) is 5.82 Å². The maximum Gasteiger partial charge on any atom is 0.231 e. The molecule has 0 spiro atoms. The van der Waals surface area contributed by atoms with Crippen molar-refractivity contribution in [3.63, 3.8) is 0 Å². The fourth-order valence-electron chi connectivity index (χ4n) is 3.63. The summed E-state index contributed by atoms with van der Waals surface area (Å²) in [5.74, 6) is 2.36. The van der Waals surface area contributed by atoms with Crippen molar-refractivity contribution in [1.82, 2.24) is 15.0 Å². The average molecular weight is 311 g/mol. The molecule has 2 aliphatic rings. The van der Waals surface area contributed by atoms with Gasteiger partial charge in [0, 0.05) is 19.0 Å². The molecule has 1 amide bonds. The Morgan fingerprint density at radius 2 is 2.13 bits per heavy atom. The molecule has 2 aromatic rings. The van der Waals surface area contributed by atoms with Crippen LogP contribution in [0.4, 0.5) is 0 Å².